The van der Waals surface area contributed by atoms with Crippen molar-refractivity contribution in [3.8, 4) is 16.9 Å². The van der Waals surface area contributed by atoms with E-state index in [0.717, 1.165) is 0 Å². The number of aromatic hydroxyl groups is 1. The van der Waals surface area contributed by atoms with Crippen LogP contribution in [0.3, 0.4) is 0 Å². The minimum atomic E-state index is -1.45. The first-order valence-corrected chi connectivity index (χ1v) is 11.5. The van der Waals surface area contributed by atoms with Gasteiger partial charge in [-0.2, -0.15) is 0 Å². The van der Waals surface area contributed by atoms with E-state index in [1.54, 1.807) is 12.1 Å². The second-order valence-corrected chi connectivity index (χ2v) is 8.36. The first-order chi connectivity index (χ1) is 17.5. The van der Waals surface area contributed by atoms with Crippen LogP contribution in [0.2, 0.25) is 0 Å². The Morgan fingerprint density at radius 2 is 1.70 bits per heavy atom. The third kappa shape index (κ3) is 8.93. The number of benzene rings is 2. The van der Waals surface area contributed by atoms with Gasteiger partial charge in [-0.25, -0.2) is 0 Å². The third-order valence-corrected chi connectivity index (χ3v) is 5.36. The van der Waals surface area contributed by atoms with Crippen LogP contribution in [-0.4, -0.2) is 58.4 Å². The van der Waals surface area contributed by atoms with Crippen LogP contribution in [0.4, 0.5) is 5.69 Å². The van der Waals surface area contributed by atoms with E-state index < -0.39 is 42.2 Å². The van der Waals surface area contributed by atoms with Gasteiger partial charge in [0.2, 0.25) is 17.7 Å². The summed E-state index contributed by atoms with van der Waals surface area (Å²) in [5.74, 6) is -4.04. The summed E-state index contributed by atoms with van der Waals surface area (Å²) in [6.07, 6.45) is 0.981. The molecule has 198 valence electrons. The maximum atomic E-state index is 13.0. The molecule has 2 aromatic rings. The highest BCUT2D eigenvalue weighted by molar-refractivity contribution is 6.05. The summed E-state index contributed by atoms with van der Waals surface area (Å²) < 4.78 is 0. The molecule has 0 unspecified atom stereocenters. The van der Waals surface area contributed by atoms with Crippen LogP contribution >= 0.6 is 0 Å². The Kier molecular flexibility index (Phi) is 10.6. The van der Waals surface area contributed by atoms with E-state index in [9.17, 15) is 29.1 Å². The molecule has 0 heterocycles. The molecule has 0 aromatic heterocycles. The molecule has 0 spiro atoms. The number of anilines is 1. The lowest BCUT2D eigenvalue weighted by Crippen LogP contribution is -2.45. The average molecular weight is 514 g/mol. The molecule has 0 fully saturated rings. The fourth-order valence-corrected chi connectivity index (χ4v) is 3.60. The van der Waals surface area contributed by atoms with Crippen molar-refractivity contribution in [1.29, 1.82) is 0 Å². The SMILES string of the molecule is CC(=O)N[C@@H](CCCCN)C(=O)Nc1ccc(C(=O)N[C@@H](CC(=O)O)C(N)=O)c(-c2cccc(O)c2)c1. The van der Waals surface area contributed by atoms with Gasteiger partial charge in [-0.15, -0.1) is 0 Å². The van der Waals surface area contributed by atoms with E-state index in [0.29, 0.717) is 37.1 Å². The zero-order chi connectivity index (χ0) is 27.5. The smallest absolute Gasteiger partial charge is 0.305 e. The monoisotopic (exact) mass is 513 g/mol. The Hall–Kier alpha value is -4.45. The number of carboxylic acid groups (broad SMARTS) is 1. The van der Waals surface area contributed by atoms with E-state index in [1.165, 1.54) is 37.3 Å². The summed E-state index contributed by atoms with van der Waals surface area (Å²) >= 11 is 0. The number of rotatable bonds is 13. The van der Waals surface area contributed by atoms with Crippen molar-refractivity contribution in [2.45, 2.75) is 44.7 Å². The Bertz CT molecular complexity index is 1170. The maximum Gasteiger partial charge on any atom is 0.305 e. The number of aliphatic carboxylic acids is 1. The summed E-state index contributed by atoms with van der Waals surface area (Å²) in [4.78, 5) is 60.2. The van der Waals surface area contributed by atoms with Gasteiger partial charge in [0.15, 0.2) is 0 Å². The number of carbonyl (C=O) groups excluding carboxylic acids is 4. The summed E-state index contributed by atoms with van der Waals surface area (Å²) in [7, 11) is 0. The van der Waals surface area contributed by atoms with E-state index >= 15 is 0 Å². The molecule has 0 saturated carbocycles. The van der Waals surface area contributed by atoms with E-state index in [1.807, 2.05) is 0 Å². The predicted molar refractivity (Wildman–Crippen MR) is 135 cm³/mol. The molecule has 37 heavy (non-hydrogen) atoms. The van der Waals surface area contributed by atoms with Crippen molar-refractivity contribution in [1.82, 2.24) is 10.6 Å². The average Bonchev–Trinajstić information content (AvgIpc) is 2.82. The molecule has 0 aliphatic rings. The Labute approximate surface area is 213 Å². The number of unbranched alkanes of at least 4 members (excludes halogenated alkanes) is 1. The highest BCUT2D eigenvalue weighted by Crippen LogP contribution is 2.30. The van der Waals surface area contributed by atoms with Crippen molar-refractivity contribution >= 4 is 35.3 Å². The zero-order valence-electron chi connectivity index (χ0n) is 20.3. The number of hydrogen-bond acceptors (Lipinski definition) is 7. The molecule has 2 rings (SSSR count). The largest absolute Gasteiger partial charge is 0.508 e. The van der Waals surface area contributed by atoms with Gasteiger partial charge in [0, 0.05) is 18.2 Å². The number of hydrogen-bond donors (Lipinski definition) is 7. The van der Waals surface area contributed by atoms with Crippen LogP contribution in [0.25, 0.3) is 11.1 Å². The number of phenols is 1. The van der Waals surface area contributed by atoms with Crippen molar-refractivity contribution < 1.29 is 34.2 Å². The topological polar surface area (TPSA) is 214 Å². The van der Waals surface area contributed by atoms with Gasteiger partial charge in [0.05, 0.1) is 6.42 Å². The lowest BCUT2D eigenvalue weighted by Gasteiger charge is -2.19. The molecule has 4 amide bonds. The molecule has 2 aromatic carbocycles. The van der Waals surface area contributed by atoms with E-state index in [2.05, 4.69) is 16.0 Å². The molecule has 12 nitrogen and oxygen atoms in total. The Balaban J connectivity index is 2.41. The number of phenolic OH excluding ortho intramolecular Hbond substituents is 1. The first kappa shape index (κ1) is 28.8. The van der Waals surface area contributed by atoms with Crippen LogP contribution < -0.4 is 27.4 Å². The molecular weight excluding hydrogens is 482 g/mol. The molecule has 12 heteroatoms. The van der Waals surface area contributed by atoms with Gasteiger partial charge in [-0.1, -0.05) is 12.1 Å². The number of carboxylic acids is 1. The van der Waals surface area contributed by atoms with E-state index in [4.69, 9.17) is 16.6 Å². The third-order valence-electron chi connectivity index (χ3n) is 5.36. The number of primary amides is 1. The van der Waals surface area contributed by atoms with Crippen LogP contribution in [-0.2, 0) is 19.2 Å². The zero-order valence-corrected chi connectivity index (χ0v) is 20.3. The lowest BCUT2D eigenvalue weighted by atomic mass is 9.97. The minimum absolute atomic E-state index is 0.0431. The molecule has 9 N–H and O–H groups in total. The summed E-state index contributed by atoms with van der Waals surface area (Å²) in [5, 5.41) is 26.6. The summed E-state index contributed by atoms with van der Waals surface area (Å²) in [5.41, 5.74) is 11.8. The summed E-state index contributed by atoms with van der Waals surface area (Å²) in [6, 6.07) is 8.06. The van der Waals surface area contributed by atoms with Gasteiger partial charge in [-0.05, 0) is 67.3 Å². The van der Waals surface area contributed by atoms with Crippen LogP contribution in [0.5, 0.6) is 5.75 Å². The van der Waals surface area contributed by atoms with Gasteiger partial charge in [0.25, 0.3) is 5.91 Å². The minimum Gasteiger partial charge on any atom is -0.508 e. The maximum absolute atomic E-state index is 13.0. The fraction of sp³-hybridized carbons (Fsp3) is 0.320. The lowest BCUT2D eigenvalue weighted by molar-refractivity contribution is -0.139. The fourth-order valence-electron chi connectivity index (χ4n) is 3.60. The van der Waals surface area contributed by atoms with Crippen LogP contribution in [0.1, 0.15) is 43.0 Å². The van der Waals surface area contributed by atoms with Crippen molar-refractivity contribution in [3.05, 3.63) is 48.0 Å². The molecule has 0 saturated heterocycles. The van der Waals surface area contributed by atoms with E-state index in [-0.39, 0.29) is 22.8 Å². The quantitative estimate of drug-likeness (QED) is 0.189. The second kappa shape index (κ2) is 13.6. The molecule has 0 radical (unpaired) electrons. The summed E-state index contributed by atoms with van der Waals surface area (Å²) in [6.45, 7) is 1.76. The molecule has 0 aliphatic heterocycles. The molecule has 2 atom stereocenters. The standard InChI is InChI=1S/C25H31N5O7/c1-14(31)28-20(7-2-3-10-26)25(37)29-16-8-9-18(19(12-16)15-5-4-6-17(32)11-15)24(36)30-21(23(27)35)13-22(33)34/h4-6,8-9,11-12,20-21,32H,2-3,7,10,13,26H2,1H3,(H2,27,35)(H,28,31)(H,29,37)(H,30,36)(H,33,34)/t20-,21-/m0/s1. The van der Waals surface area contributed by atoms with Gasteiger partial charge in [-0.3, -0.25) is 24.0 Å². The Morgan fingerprint density at radius 3 is 2.30 bits per heavy atom. The van der Waals surface area contributed by atoms with Crippen molar-refractivity contribution in [2.75, 3.05) is 11.9 Å². The normalized spacial score (nSPS) is 12.2. The number of amides is 4. The van der Waals surface area contributed by atoms with Gasteiger partial charge in [0.1, 0.15) is 17.8 Å². The first-order valence-electron chi connectivity index (χ1n) is 11.5. The van der Waals surface area contributed by atoms with Crippen molar-refractivity contribution in [2.24, 2.45) is 11.5 Å². The van der Waals surface area contributed by atoms with Crippen LogP contribution in [0, 0.1) is 0 Å². The second-order valence-electron chi connectivity index (χ2n) is 8.36. The van der Waals surface area contributed by atoms with Gasteiger partial charge < -0.3 is 37.6 Å². The molecule has 0 bridgehead atoms. The predicted octanol–water partition coefficient (Wildman–Crippen LogP) is 0.690. The molecule has 0 aliphatic carbocycles. The number of carbonyl (C=O) groups is 5. The highest BCUT2D eigenvalue weighted by atomic mass is 16.4. The van der Waals surface area contributed by atoms with Crippen molar-refractivity contribution in [3.63, 3.8) is 0 Å². The highest BCUT2D eigenvalue weighted by Gasteiger charge is 2.24. The molecular formula is C25H31N5O7. The van der Waals surface area contributed by atoms with Gasteiger partial charge >= 0.3 is 5.97 Å². The number of nitrogens with two attached hydrogens (primary N) is 2. The van der Waals surface area contributed by atoms with Crippen LogP contribution in [0.15, 0.2) is 42.5 Å². The number of nitrogens with one attached hydrogen (secondary N) is 3. The Morgan fingerprint density at radius 1 is 0.973 bits per heavy atom.